The molecule has 10 atom stereocenters. The second kappa shape index (κ2) is 11.7. The predicted octanol–water partition coefficient (Wildman–Crippen LogP) is -2.08. The fraction of sp³-hybridized carbons (Fsp3) is 0.444. The molecule has 15 nitrogen and oxygen atoms in total. The van der Waals surface area contributed by atoms with Crippen LogP contribution in [0.25, 0.3) is 22.3 Å². The molecule has 2 saturated heterocycles. The van der Waals surface area contributed by atoms with Crippen LogP contribution in [0.2, 0.25) is 0 Å². The van der Waals surface area contributed by atoms with E-state index >= 15 is 0 Å². The van der Waals surface area contributed by atoms with Gasteiger partial charge in [0.25, 0.3) is 0 Å². The first-order valence-electron chi connectivity index (χ1n) is 12.9. The highest BCUT2D eigenvalue weighted by Gasteiger charge is 2.52. The summed E-state index contributed by atoms with van der Waals surface area (Å²) in [5.74, 6) is -1.50. The fourth-order valence-corrected chi connectivity index (χ4v) is 5.17. The van der Waals surface area contributed by atoms with Crippen molar-refractivity contribution in [2.75, 3.05) is 13.2 Å². The Kier molecular flexibility index (Phi) is 8.41. The van der Waals surface area contributed by atoms with Crippen molar-refractivity contribution in [3.63, 3.8) is 0 Å². The van der Waals surface area contributed by atoms with E-state index in [1.807, 2.05) is 0 Å². The molecule has 10 N–H and O–H groups in total. The summed E-state index contributed by atoms with van der Waals surface area (Å²) in [7, 11) is 0. The average molecular weight is 595 g/mol. The molecule has 42 heavy (non-hydrogen) atoms. The summed E-state index contributed by atoms with van der Waals surface area (Å²) in [5, 5.41) is 103. The van der Waals surface area contributed by atoms with Crippen molar-refractivity contribution in [2.45, 2.75) is 61.2 Å². The van der Waals surface area contributed by atoms with Gasteiger partial charge in [-0.25, -0.2) is 0 Å². The Balaban J connectivity index is 1.66. The van der Waals surface area contributed by atoms with Crippen LogP contribution in [-0.2, 0) is 14.2 Å². The summed E-state index contributed by atoms with van der Waals surface area (Å²) >= 11 is 0. The minimum Gasteiger partial charge on any atom is -0.508 e. The van der Waals surface area contributed by atoms with E-state index in [1.165, 1.54) is 24.3 Å². The number of benzene rings is 2. The lowest BCUT2D eigenvalue weighted by Crippen LogP contribution is -2.62. The smallest absolute Gasteiger partial charge is 0.197 e. The third kappa shape index (κ3) is 5.20. The Labute approximate surface area is 236 Å². The van der Waals surface area contributed by atoms with Gasteiger partial charge in [0.05, 0.1) is 18.8 Å². The van der Waals surface area contributed by atoms with Crippen LogP contribution in [0, 0.1) is 0 Å². The molecule has 3 aromatic rings. The highest BCUT2D eigenvalue weighted by molar-refractivity contribution is 5.89. The summed E-state index contributed by atoms with van der Waals surface area (Å²) in [6.07, 6.45) is -17.3. The van der Waals surface area contributed by atoms with Crippen molar-refractivity contribution in [3.05, 3.63) is 52.2 Å². The second-order valence-electron chi connectivity index (χ2n) is 10.1. The number of phenols is 3. The molecule has 0 bridgehead atoms. The van der Waals surface area contributed by atoms with Gasteiger partial charge >= 0.3 is 0 Å². The first kappa shape index (κ1) is 30.1. The number of phenolic OH excluding ortho intramolecular Hbond substituents is 3. The quantitative estimate of drug-likeness (QED) is 0.147. The highest BCUT2D eigenvalue weighted by Crippen LogP contribution is 2.45. The van der Waals surface area contributed by atoms with Crippen LogP contribution >= 0.6 is 0 Å². The molecule has 0 saturated carbocycles. The van der Waals surface area contributed by atoms with Gasteiger partial charge in [-0.2, -0.15) is 0 Å². The van der Waals surface area contributed by atoms with Crippen LogP contribution in [0.3, 0.4) is 0 Å². The van der Waals surface area contributed by atoms with Crippen molar-refractivity contribution >= 4 is 11.0 Å². The van der Waals surface area contributed by atoms with Crippen LogP contribution in [-0.4, -0.2) is 119 Å². The summed E-state index contributed by atoms with van der Waals surface area (Å²) < 4.78 is 22.9. The minimum absolute atomic E-state index is 0.0553. The number of ether oxygens (including phenoxy) is 3. The molecular weight excluding hydrogens is 564 g/mol. The number of fused-ring (bicyclic) bond motifs is 1. The zero-order chi connectivity index (χ0) is 30.5. The van der Waals surface area contributed by atoms with Crippen LogP contribution in [0.4, 0.5) is 0 Å². The molecule has 15 heteroatoms. The SMILES string of the molecule is O=c1cc(-c2ccc(O)cc2)oc2c([C@@H]3O[C@@H](CO)[C@@H](O)[C@@H](O)[C@H]3O[C@H]3O[C@@H](CO)[C@@H](O)[C@@H](O)[C@H]3O)c(O)cc(O)c12. The van der Waals surface area contributed by atoms with E-state index in [-0.39, 0.29) is 17.1 Å². The molecule has 228 valence electrons. The molecule has 0 spiro atoms. The number of aromatic hydroxyl groups is 3. The molecule has 5 rings (SSSR count). The highest BCUT2D eigenvalue weighted by atomic mass is 16.7. The monoisotopic (exact) mass is 594 g/mol. The Morgan fingerprint density at radius 3 is 2.00 bits per heavy atom. The number of aliphatic hydroxyl groups excluding tert-OH is 7. The normalized spacial score (nSPS) is 33.6. The Bertz CT molecular complexity index is 1470. The van der Waals surface area contributed by atoms with Crippen LogP contribution < -0.4 is 5.43 Å². The molecule has 2 aliphatic rings. The summed E-state index contributed by atoms with van der Waals surface area (Å²) in [6.45, 7) is -1.61. The number of aliphatic hydroxyl groups is 7. The van der Waals surface area contributed by atoms with Crippen molar-refractivity contribution < 1.29 is 69.7 Å². The van der Waals surface area contributed by atoms with E-state index in [0.717, 1.165) is 12.1 Å². The average Bonchev–Trinajstić information content (AvgIpc) is 2.96. The third-order valence-electron chi connectivity index (χ3n) is 7.44. The number of hydrogen-bond acceptors (Lipinski definition) is 15. The standard InChI is InChI=1S/C27H30O15/c28-7-15-20(35)22(37)26(42-27-23(38)21(36)19(34)16(8-29)41-27)25(40-15)18-12(32)5-11(31)17-13(33)6-14(39-24(17)18)9-1-3-10(30)4-2-9/h1-6,15-16,19-23,25-32,34-38H,7-8H2/t15-,16-,19+,20+,21+,22+,23+,25-,26+,27+/m0/s1. The van der Waals surface area contributed by atoms with E-state index in [0.29, 0.717) is 5.56 Å². The molecule has 0 aliphatic carbocycles. The van der Waals surface area contributed by atoms with Crippen LogP contribution in [0.1, 0.15) is 11.7 Å². The Morgan fingerprint density at radius 2 is 1.36 bits per heavy atom. The summed E-state index contributed by atoms with van der Waals surface area (Å²) in [5.41, 5.74) is -1.21. The fourth-order valence-electron chi connectivity index (χ4n) is 5.17. The molecule has 2 aliphatic heterocycles. The van der Waals surface area contributed by atoms with Crippen molar-refractivity contribution in [2.24, 2.45) is 0 Å². The maximum absolute atomic E-state index is 13.1. The third-order valence-corrected chi connectivity index (χ3v) is 7.44. The van der Waals surface area contributed by atoms with E-state index in [2.05, 4.69) is 0 Å². The minimum atomic E-state index is -1.92. The molecular formula is C27H30O15. The lowest BCUT2D eigenvalue weighted by atomic mass is 9.89. The summed E-state index contributed by atoms with van der Waals surface area (Å²) in [6, 6.07) is 7.41. The van der Waals surface area contributed by atoms with Gasteiger partial charge in [-0.15, -0.1) is 0 Å². The molecule has 3 heterocycles. The Morgan fingerprint density at radius 1 is 0.738 bits per heavy atom. The van der Waals surface area contributed by atoms with Gasteiger partial charge in [-0.3, -0.25) is 4.79 Å². The lowest BCUT2D eigenvalue weighted by Gasteiger charge is -2.46. The van der Waals surface area contributed by atoms with E-state index < -0.39 is 102 Å². The number of rotatable bonds is 6. The van der Waals surface area contributed by atoms with Crippen molar-refractivity contribution in [3.8, 4) is 28.6 Å². The summed E-state index contributed by atoms with van der Waals surface area (Å²) in [4.78, 5) is 13.1. The number of hydrogen-bond donors (Lipinski definition) is 10. The van der Waals surface area contributed by atoms with E-state index in [9.17, 15) is 55.9 Å². The first-order chi connectivity index (χ1) is 20.0. The second-order valence-corrected chi connectivity index (χ2v) is 10.1. The van der Waals surface area contributed by atoms with Gasteiger partial charge in [-0.05, 0) is 24.3 Å². The molecule has 0 unspecified atom stereocenters. The molecule has 2 aromatic carbocycles. The molecule has 1 aromatic heterocycles. The van der Waals surface area contributed by atoms with Gasteiger partial charge in [0.2, 0.25) is 0 Å². The topological polar surface area (TPSA) is 260 Å². The van der Waals surface area contributed by atoms with Gasteiger partial charge in [0, 0.05) is 17.7 Å². The lowest BCUT2D eigenvalue weighted by molar-refractivity contribution is -0.342. The zero-order valence-electron chi connectivity index (χ0n) is 21.7. The van der Waals surface area contributed by atoms with E-state index in [1.54, 1.807) is 0 Å². The molecule has 0 amide bonds. The van der Waals surface area contributed by atoms with Crippen LogP contribution in [0.5, 0.6) is 17.2 Å². The molecule has 0 radical (unpaired) electrons. The van der Waals surface area contributed by atoms with Crippen LogP contribution in [0.15, 0.2) is 45.6 Å². The van der Waals surface area contributed by atoms with Crippen molar-refractivity contribution in [1.29, 1.82) is 0 Å². The maximum atomic E-state index is 13.1. The Hall–Kier alpha value is -3.35. The van der Waals surface area contributed by atoms with Crippen molar-refractivity contribution in [1.82, 2.24) is 0 Å². The van der Waals surface area contributed by atoms with E-state index in [4.69, 9.17) is 18.6 Å². The first-order valence-corrected chi connectivity index (χ1v) is 12.9. The predicted molar refractivity (Wildman–Crippen MR) is 138 cm³/mol. The van der Waals surface area contributed by atoms with Gasteiger partial charge in [0.15, 0.2) is 17.3 Å². The van der Waals surface area contributed by atoms with Gasteiger partial charge < -0.3 is 69.7 Å². The molecule has 2 fully saturated rings. The zero-order valence-corrected chi connectivity index (χ0v) is 21.7. The van der Waals surface area contributed by atoms with Gasteiger partial charge in [0.1, 0.15) is 83.3 Å². The largest absolute Gasteiger partial charge is 0.508 e. The van der Waals surface area contributed by atoms with Gasteiger partial charge in [-0.1, -0.05) is 0 Å². The maximum Gasteiger partial charge on any atom is 0.197 e.